The lowest BCUT2D eigenvalue weighted by molar-refractivity contribution is -0.384. The number of rotatable bonds is 4. The number of nitro groups is 1. The molecule has 19 heavy (non-hydrogen) atoms. The normalized spacial score (nSPS) is 22.2. The van der Waals surface area contributed by atoms with Crippen molar-refractivity contribution in [2.45, 2.75) is 6.04 Å². The molecular formula is C11H11BrN2O5. The van der Waals surface area contributed by atoms with Crippen LogP contribution in [0.15, 0.2) is 22.7 Å². The highest BCUT2D eigenvalue weighted by Gasteiger charge is 2.35. The smallest absolute Gasteiger partial charge is 0.311 e. The summed E-state index contributed by atoms with van der Waals surface area (Å²) >= 11 is 3.23. The molecule has 0 radical (unpaired) electrons. The third-order valence-electron chi connectivity index (χ3n) is 2.89. The molecule has 0 saturated carbocycles. The first-order valence-corrected chi connectivity index (χ1v) is 6.29. The molecule has 1 fully saturated rings. The molecule has 0 aromatic heterocycles. The minimum Gasteiger partial charge on any atom is -0.481 e. The Balaban J connectivity index is 2.25. The third-order valence-corrected chi connectivity index (χ3v) is 3.39. The molecule has 7 nitrogen and oxygen atoms in total. The summed E-state index contributed by atoms with van der Waals surface area (Å²) in [5.74, 6) is -1.69. The van der Waals surface area contributed by atoms with Gasteiger partial charge in [-0.05, 0) is 12.1 Å². The molecular weight excluding hydrogens is 320 g/mol. The lowest BCUT2D eigenvalue weighted by Crippen LogP contribution is -2.33. The number of halogens is 1. The van der Waals surface area contributed by atoms with Crippen LogP contribution in [-0.4, -0.2) is 35.3 Å². The van der Waals surface area contributed by atoms with Crippen molar-refractivity contribution in [3.63, 3.8) is 0 Å². The fourth-order valence-corrected chi connectivity index (χ4v) is 2.28. The fourth-order valence-electron chi connectivity index (χ4n) is 1.92. The van der Waals surface area contributed by atoms with E-state index in [2.05, 4.69) is 21.2 Å². The summed E-state index contributed by atoms with van der Waals surface area (Å²) in [6.07, 6.45) is 0. The van der Waals surface area contributed by atoms with Crippen molar-refractivity contribution in [1.29, 1.82) is 0 Å². The first-order valence-electron chi connectivity index (χ1n) is 5.50. The lowest BCUT2D eigenvalue weighted by Gasteiger charge is -2.17. The van der Waals surface area contributed by atoms with Crippen LogP contribution in [0, 0.1) is 16.0 Å². The maximum Gasteiger partial charge on any atom is 0.311 e. The summed E-state index contributed by atoms with van der Waals surface area (Å²) in [6, 6.07) is 3.99. The van der Waals surface area contributed by atoms with E-state index in [-0.39, 0.29) is 24.6 Å². The third kappa shape index (κ3) is 3.02. The average molecular weight is 331 g/mol. The lowest BCUT2D eigenvalue weighted by atomic mass is 10.0. The van der Waals surface area contributed by atoms with Crippen LogP contribution in [0.2, 0.25) is 0 Å². The quantitative estimate of drug-likeness (QED) is 0.645. The maximum absolute atomic E-state index is 11.0. The molecule has 0 spiro atoms. The molecule has 1 heterocycles. The van der Waals surface area contributed by atoms with E-state index in [1.807, 2.05) is 0 Å². The number of anilines is 1. The first kappa shape index (κ1) is 13.8. The van der Waals surface area contributed by atoms with Crippen molar-refractivity contribution in [1.82, 2.24) is 0 Å². The molecule has 2 unspecified atom stereocenters. The number of hydrogen-bond donors (Lipinski definition) is 2. The molecule has 1 aliphatic rings. The summed E-state index contributed by atoms with van der Waals surface area (Å²) in [5, 5.41) is 22.8. The number of aliphatic carboxylic acids is 1. The van der Waals surface area contributed by atoms with Crippen molar-refractivity contribution in [2.24, 2.45) is 5.92 Å². The molecule has 1 aliphatic heterocycles. The van der Waals surface area contributed by atoms with E-state index in [1.165, 1.54) is 6.07 Å². The second-order valence-corrected chi connectivity index (χ2v) is 5.07. The van der Waals surface area contributed by atoms with Gasteiger partial charge in [0.25, 0.3) is 5.69 Å². The van der Waals surface area contributed by atoms with Gasteiger partial charge in [0.05, 0.1) is 24.2 Å². The number of carboxylic acids is 1. The van der Waals surface area contributed by atoms with Gasteiger partial charge in [-0.3, -0.25) is 14.9 Å². The number of hydrogen-bond acceptors (Lipinski definition) is 5. The number of nitrogens with zero attached hydrogens (tertiary/aromatic N) is 1. The molecule has 0 aliphatic carbocycles. The zero-order chi connectivity index (χ0) is 14.0. The number of nitrogens with one attached hydrogen (secondary N) is 1. The van der Waals surface area contributed by atoms with Gasteiger partial charge in [0.1, 0.15) is 11.6 Å². The fraction of sp³-hybridized carbons (Fsp3) is 0.364. The Hall–Kier alpha value is -1.67. The van der Waals surface area contributed by atoms with E-state index in [9.17, 15) is 14.9 Å². The largest absolute Gasteiger partial charge is 0.481 e. The first-order chi connectivity index (χ1) is 8.99. The van der Waals surface area contributed by atoms with Crippen LogP contribution in [0.4, 0.5) is 11.4 Å². The van der Waals surface area contributed by atoms with Gasteiger partial charge in [-0.15, -0.1) is 0 Å². The highest BCUT2D eigenvalue weighted by atomic mass is 79.9. The van der Waals surface area contributed by atoms with Gasteiger partial charge >= 0.3 is 5.97 Å². The van der Waals surface area contributed by atoms with Crippen molar-refractivity contribution in [3.05, 3.63) is 32.8 Å². The predicted octanol–water partition coefficient (Wildman–Crippen LogP) is 1.87. The van der Waals surface area contributed by atoms with E-state index in [4.69, 9.17) is 9.84 Å². The van der Waals surface area contributed by atoms with E-state index >= 15 is 0 Å². The van der Waals surface area contributed by atoms with Crippen molar-refractivity contribution < 1.29 is 19.6 Å². The molecule has 1 aromatic carbocycles. The summed E-state index contributed by atoms with van der Waals surface area (Å²) in [5.41, 5.74) is 0.181. The van der Waals surface area contributed by atoms with Crippen molar-refractivity contribution in [3.8, 4) is 0 Å². The van der Waals surface area contributed by atoms with Crippen molar-refractivity contribution in [2.75, 3.05) is 18.5 Å². The summed E-state index contributed by atoms with van der Waals surface area (Å²) in [7, 11) is 0. The second kappa shape index (κ2) is 5.54. The van der Waals surface area contributed by atoms with Crippen LogP contribution < -0.4 is 5.32 Å². The minimum atomic E-state index is -0.979. The molecule has 1 aromatic rings. The SMILES string of the molecule is O=C(O)C1COCC1Nc1cc(Br)ccc1[N+](=O)[O-]. The molecule has 0 amide bonds. The van der Waals surface area contributed by atoms with Gasteiger partial charge in [0.15, 0.2) is 0 Å². The number of benzene rings is 1. The zero-order valence-electron chi connectivity index (χ0n) is 9.71. The monoisotopic (exact) mass is 330 g/mol. The molecule has 102 valence electrons. The van der Waals surface area contributed by atoms with Crippen LogP contribution in [0.5, 0.6) is 0 Å². The van der Waals surface area contributed by atoms with Gasteiger partial charge in [-0.2, -0.15) is 0 Å². The Bertz CT molecular complexity index is 522. The van der Waals surface area contributed by atoms with E-state index < -0.39 is 22.9 Å². The number of ether oxygens (including phenoxy) is 1. The molecule has 8 heteroatoms. The molecule has 2 N–H and O–H groups in total. The van der Waals surface area contributed by atoms with Crippen LogP contribution >= 0.6 is 15.9 Å². The Morgan fingerprint density at radius 1 is 1.53 bits per heavy atom. The summed E-state index contributed by atoms with van der Waals surface area (Å²) in [4.78, 5) is 21.4. The maximum atomic E-state index is 11.0. The number of carbonyl (C=O) groups is 1. The predicted molar refractivity (Wildman–Crippen MR) is 70.2 cm³/mol. The minimum absolute atomic E-state index is 0.0979. The van der Waals surface area contributed by atoms with Crippen LogP contribution in [-0.2, 0) is 9.53 Å². The van der Waals surface area contributed by atoms with Gasteiger partial charge < -0.3 is 15.2 Å². The van der Waals surface area contributed by atoms with Gasteiger partial charge in [-0.25, -0.2) is 0 Å². The van der Waals surface area contributed by atoms with Crippen LogP contribution in [0.1, 0.15) is 0 Å². The van der Waals surface area contributed by atoms with Gasteiger partial charge in [0.2, 0.25) is 0 Å². The molecule has 2 atom stereocenters. The van der Waals surface area contributed by atoms with E-state index in [0.717, 1.165) is 0 Å². The van der Waals surface area contributed by atoms with Crippen molar-refractivity contribution >= 4 is 33.3 Å². The topological polar surface area (TPSA) is 102 Å². The number of nitro benzene ring substituents is 1. The van der Waals surface area contributed by atoms with Gasteiger partial charge in [-0.1, -0.05) is 15.9 Å². The highest BCUT2D eigenvalue weighted by Crippen LogP contribution is 2.30. The average Bonchev–Trinajstić information content (AvgIpc) is 2.76. The molecule has 2 rings (SSSR count). The molecule has 0 bridgehead atoms. The highest BCUT2D eigenvalue weighted by molar-refractivity contribution is 9.10. The Labute approximate surface area is 116 Å². The van der Waals surface area contributed by atoms with E-state index in [0.29, 0.717) is 4.47 Å². The summed E-state index contributed by atoms with van der Waals surface area (Å²) < 4.78 is 5.78. The standard InChI is InChI=1S/C11H11BrN2O5/c12-6-1-2-10(14(17)18)8(3-6)13-9-5-19-4-7(9)11(15)16/h1-3,7,9,13H,4-5H2,(H,15,16). The number of carboxylic acid groups (broad SMARTS) is 1. The zero-order valence-corrected chi connectivity index (χ0v) is 11.3. The Morgan fingerprint density at radius 3 is 2.89 bits per heavy atom. The van der Waals surface area contributed by atoms with Crippen LogP contribution in [0.25, 0.3) is 0 Å². The Morgan fingerprint density at radius 2 is 2.26 bits per heavy atom. The van der Waals surface area contributed by atoms with Crippen LogP contribution in [0.3, 0.4) is 0 Å². The second-order valence-electron chi connectivity index (χ2n) is 4.15. The Kier molecular flexibility index (Phi) is 4.01. The van der Waals surface area contributed by atoms with Gasteiger partial charge in [0, 0.05) is 10.5 Å². The van der Waals surface area contributed by atoms with E-state index in [1.54, 1.807) is 12.1 Å². The summed E-state index contributed by atoms with van der Waals surface area (Å²) in [6.45, 7) is 0.315. The molecule has 1 saturated heterocycles.